The summed E-state index contributed by atoms with van der Waals surface area (Å²) >= 11 is 0. The van der Waals surface area contributed by atoms with Crippen LogP contribution < -0.4 is 4.72 Å². The van der Waals surface area contributed by atoms with Crippen LogP contribution in [0.25, 0.3) is 10.8 Å². The van der Waals surface area contributed by atoms with Gasteiger partial charge in [0.2, 0.25) is 0 Å². The Hall–Kier alpha value is -1.92. The predicted octanol–water partition coefficient (Wildman–Crippen LogP) is 3.20. The maximum Gasteiger partial charge on any atom is 0.328 e. The molecule has 0 amide bonds. The highest BCUT2D eigenvalue weighted by molar-refractivity contribution is 7.84. The van der Waals surface area contributed by atoms with Crippen LogP contribution in [0, 0.1) is 0 Å². The second-order valence-corrected chi connectivity index (χ2v) is 8.40. The van der Waals surface area contributed by atoms with Crippen LogP contribution in [0.3, 0.4) is 0 Å². The Labute approximate surface area is 144 Å². The Morgan fingerprint density at radius 3 is 2.42 bits per heavy atom. The Bertz CT molecular complexity index is 767. The topological polar surface area (TPSA) is 75.6 Å². The van der Waals surface area contributed by atoms with E-state index in [0.717, 1.165) is 0 Å². The molecule has 2 N–H and O–H groups in total. The number of hydrogen-bond donors (Lipinski definition) is 2. The lowest BCUT2D eigenvalue weighted by atomic mass is 9.98. The van der Waals surface area contributed by atoms with Crippen molar-refractivity contribution in [2.75, 3.05) is 6.61 Å². The van der Waals surface area contributed by atoms with Crippen molar-refractivity contribution in [3.8, 4) is 5.75 Å². The molecule has 0 bridgehead atoms. The molecule has 0 saturated heterocycles. The molecule has 130 valence electrons. The third-order valence-electron chi connectivity index (χ3n) is 3.55. The molecule has 0 radical (unpaired) electrons. The van der Waals surface area contributed by atoms with Crippen LogP contribution in [0.4, 0.5) is 0 Å². The molecular formula is C18H23NO4S. The number of fused-ring (bicyclic) bond motifs is 1. The average Bonchev–Trinajstić information content (AvgIpc) is 2.53. The molecule has 0 spiro atoms. The molecule has 2 rings (SSSR count). The first-order valence-corrected chi connectivity index (χ1v) is 8.96. The fourth-order valence-corrected chi connectivity index (χ4v) is 3.10. The summed E-state index contributed by atoms with van der Waals surface area (Å²) < 4.78 is 20.0. The maximum absolute atomic E-state index is 12.5. The molecule has 6 heteroatoms. The Kier molecular flexibility index (Phi) is 5.62. The van der Waals surface area contributed by atoms with Gasteiger partial charge in [0.15, 0.2) is 0 Å². The highest BCUT2D eigenvalue weighted by atomic mass is 32.2. The van der Waals surface area contributed by atoms with Crippen LogP contribution in [-0.2, 0) is 20.5 Å². The largest absolute Gasteiger partial charge is 0.507 e. The van der Waals surface area contributed by atoms with E-state index in [-0.39, 0.29) is 12.4 Å². The summed E-state index contributed by atoms with van der Waals surface area (Å²) in [5.41, 5.74) is 0.624. The molecule has 0 heterocycles. The lowest BCUT2D eigenvalue weighted by molar-refractivity contribution is -0.145. The molecule has 24 heavy (non-hydrogen) atoms. The second-order valence-electron chi connectivity index (χ2n) is 6.40. The van der Waals surface area contributed by atoms with Crippen LogP contribution in [0.5, 0.6) is 5.75 Å². The molecule has 0 aliphatic rings. The quantitative estimate of drug-likeness (QED) is 0.813. The maximum atomic E-state index is 12.5. The number of benzene rings is 2. The van der Waals surface area contributed by atoms with Crippen LogP contribution in [0.2, 0.25) is 0 Å². The standard InChI is InChI=1S/C18H23NO4S/c1-5-23-17(21)16(19-24(22)18(2,3)4)14-10-11-15(20)13-9-7-6-8-12(13)14/h6-11,16,19-20H,5H2,1-4H3/t16-,24-/m1/s1. The Morgan fingerprint density at radius 1 is 1.21 bits per heavy atom. The van der Waals surface area contributed by atoms with Gasteiger partial charge in [-0.05, 0) is 44.7 Å². The Morgan fingerprint density at radius 2 is 1.83 bits per heavy atom. The molecule has 0 fully saturated rings. The minimum atomic E-state index is -1.45. The molecule has 0 unspecified atom stereocenters. The van der Waals surface area contributed by atoms with Gasteiger partial charge < -0.3 is 9.84 Å². The van der Waals surface area contributed by atoms with E-state index in [4.69, 9.17) is 4.74 Å². The second kappa shape index (κ2) is 7.32. The minimum absolute atomic E-state index is 0.133. The Balaban J connectivity index is 2.54. The normalized spacial score (nSPS) is 14.3. The molecule has 2 atom stereocenters. The van der Waals surface area contributed by atoms with E-state index in [1.165, 1.54) is 6.07 Å². The van der Waals surface area contributed by atoms with E-state index in [2.05, 4.69) is 4.72 Å². The minimum Gasteiger partial charge on any atom is -0.507 e. The number of phenolic OH excluding ortho intramolecular Hbond substituents is 1. The third-order valence-corrected chi connectivity index (χ3v) is 5.11. The summed E-state index contributed by atoms with van der Waals surface area (Å²) in [4.78, 5) is 12.5. The fraction of sp³-hybridized carbons (Fsp3) is 0.389. The lowest BCUT2D eigenvalue weighted by Gasteiger charge is -2.24. The number of hydrogen-bond acceptors (Lipinski definition) is 4. The number of esters is 1. The van der Waals surface area contributed by atoms with Crippen molar-refractivity contribution in [1.82, 2.24) is 4.72 Å². The molecule has 2 aromatic carbocycles. The smallest absolute Gasteiger partial charge is 0.328 e. The average molecular weight is 349 g/mol. The number of carbonyl (C=O) groups is 1. The van der Waals surface area contributed by atoms with Crippen LogP contribution in [0.15, 0.2) is 36.4 Å². The van der Waals surface area contributed by atoms with Crippen molar-refractivity contribution in [3.05, 3.63) is 42.0 Å². The van der Waals surface area contributed by atoms with Gasteiger partial charge in [-0.25, -0.2) is 13.7 Å². The number of rotatable bonds is 5. The first-order chi connectivity index (χ1) is 11.3. The van der Waals surface area contributed by atoms with Gasteiger partial charge in [-0.1, -0.05) is 30.3 Å². The summed E-state index contributed by atoms with van der Waals surface area (Å²) in [6, 6.07) is 9.54. The van der Waals surface area contributed by atoms with E-state index >= 15 is 0 Å². The highest BCUT2D eigenvalue weighted by Gasteiger charge is 2.30. The van der Waals surface area contributed by atoms with Crippen molar-refractivity contribution in [2.24, 2.45) is 0 Å². The number of nitrogens with one attached hydrogen (secondary N) is 1. The van der Waals surface area contributed by atoms with Gasteiger partial charge in [-0.3, -0.25) is 0 Å². The fourth-order valence-electron chi connectivity index (χ4n) is 2.31. The van der Waals surface area contributed by atoms with E-state index in [9.17, 15) is 14.1 Å². The molecule has 0 saturated carbocycles. The molecule has 0 aliphatic carbocycles. The molecule has 0 aromatic heterocycles. The van der Waals surface area contributed by atoms with Crippen molar-refractivity contribution in [3.63, 3.8) is 0 Å². The first-order valence-electron chi connectivity index (χ1n) is 7.81. The summed E-state index contributed by atoms with van der Waals surface area (Å²) in [7, 11) is -1.45. The van der Waals surface area contributed by atoms with E-state index < -0.39 is 27.7 Å². The highest BCUT2D eigenvalue weighted by Crippen LogP contribution is 2.32. The van der Waals surface area contributed by atoms with Gasteiger partial charge >= 0.3 is 5.97 Å². The van der Waals surface area contributed by atoms with E-state index in [0.29, 0.717) is 16.3 Å². The van der Waals surface area contributed by atoms with Gasteiger partial charge in [0, 0.05) is 5.39 Å². The monoisotopic (exact) mass is 349 g/mol. The van der Waals surface area contributed by atoms with Crippen LogP contribution >= 0.6 is 0 Å². The van der Waals surface area contributed by atoms with Gasteiger partial charge in [0.1, 0.15) is 11.8 Å². The van der Waals surface area contributed by atoms with Gasteiger partial charge in [0.25, 0.3) is 0 Å². The molecule has 0 aliphatic heterocycles. The molecular weight excluding hydrogens is 326 g/mol. The zero-order chi connectivity index (χ0) is 17.9. The van der Waals surface area contributed by atoms with E-state index in [1.54, 1.807) is 19.1 Å². The van der Waals surface area contributed by atoms with Gasteiger partial charge in [-0.2, -0.15) is 0 Å². The van der Waals surface area contributed by atoms with Crippen LogP contribution in [0.1, 0.15) is 39.3 Å². The van der Waals surface area contributed by atoms with Gasteiger partial charge in [0.05, 0.1) is 22.3 Å². The lowest BCUT2D eigenvalue weighted by Crippen LogP contribution is -2.39. The van der Waals surface area contributed by atoms with Crippen molar-refractivity contribution < 1.29 is 18.8 Å². The number of carbonyl (C=O) groups excluding carboxylic acids is 1. The SMILES string of the molecule is CCOC(=O)[C@H](N[S@](=O)C(C)(C)C)c1ccc(O)c2ccccc12. The summed E-state index contributed by atoms with van der Waals surface area (Å²) in [6.07, 6.45) is 0. The predicted molar refractivity (Wildman–Crippen MR) is 96.0 cm³/mol. The number of phenols is 1. The van der Waals surface area contributed by atoms with Crippen molar-refractivity contribution in [2.45, 2.75) is 38.5 Å². The summed E-state index contributed by atoms with van der Waals surface area (Å²) in [5, 5.41) is 11.4. The zero-order valence-electron chi connectivity index (χ0n) is 14.3. The summed E-state index contributed by atoms with van der Waals surface area (Å²) in [5.74, 6) is -0.361. The van der Waals surface area contributed by atoms with Gasteiger partial charge in [-0.15, -0.1) is 0 Å². The first kappa shape index (κ1) is 18.4. The number of ether oxygens (including phenoxy) is 1. The van der Waals surface area contributed by atoms with Crippen molar-refractivity contribution >= 4 is 27.7 Å². The molecule has 2 aromatic rings. The van der Waals surface area contributed by atoms with E-state index in [1.807, 2.05) is 39.0 Å². The summed E-state index contributed by atoms with van der Waals surface area (Å²) in [6.45, 7) is 7.44. The third kappa shape index (κ3) is 3.94. The molecule has 5 nitrogen and oxygen atoms in total. The number of aromatic hydroxyl groups is 1. The van der Waals surface area contributed by atoms with Crippen molar-refractivity contribution in [1.29, 1.82) is 0 Å². The van der Waals surface area contributed by atoms with Crippen LogP contribution in [-0.4, -0.2) is 26.6 Å². The zero-order valence-corrected chi connectivity index (χ0v) is 15.1.